The Labute approximate surface area is 91.7 Å². The molecule has 0 fully saturated rings. The summed E-state index contributed by atoms with van der Waals surface area (Å²) >= 11 is 0. The minimum Gasteiger partial charge on any atom is -0.198 e. The predicted octanol–water partition coefficient (Wildman–Crippen LogP) is 3.29. The molecule has 0 bridgehead atoms. The molecule has 0 radical (unpaired) electrons. The van der Waals surface area contributed by atoms with Gasteiger partial charge in [-0.15, -0.1) is 0 Å². The molecule has 0 aliphatic rings. The average Bonchev–Trinajstić information content (AvgIpc) is 2.29. The summed E-state index contributed by atoms with van der Waals surface area (Å²) in [5.74, 6) is 6.21. The fourth-order valence-electron chi connectivity index (χ4n) is 1.29. The van der Waals surface area contributed by atoms with Gasteiger partial charge in [-0.3, -0.25) is 0 Å². The second-order valence-corrected chi connectivity index (χ2v) is 3.37. The molecule has 0 N–H and O–H groups in total. The van der Waals surface area contributed by atoms with Gasteiger partial charge in [0.05, 0.1) is 6.07 Å². The van der Waals surface area contributed by atoms with Gasteiger partial charge in [-0.25, -0.2) is 0 Å². The third kappa shape index (κ3) is 4.34. The van der Waals surface area contributed by atoms with Gasteiger partial charge in [-0.05, 0) is 30.5 Å². The lowest BCUT2D eigenvalue weighted by molar-refractivity contribution is 0.894. The molecule has 0 saturated carbocycles. The monoisotopic (exact) mass is 197 g/mol. The van der Waals surface area contributed by atoms with Gasteiger partial charge in [0.15, 0.2) is 0 Å². The number of benzene rings is 1. The van der Waals surface area contributed by atoms with Crippen molar-refractivity contribution in [1.82, 2.24) is 0 Å². The Morgan fingerprint density at radius 3 is 2.87 bits per heavy atom. The van der Waals surface area contributed by atoms with E-state index in [1.54, 1.807) is 0 Å². The van der Waals surface area contributed by atoms with E-state index < -0.39 is 0 Å². The van der Waals surface area contributed by atoms with Crippen LogP contribution in [0.4, 0.5) is 0 Å². The van der Waals surface area contributed by atoms with Gasteiger partial charge < -0.3 is 0 Å². The van der Waals surface area contributed by atoms with E-state index in [2.05, 4.69) is 37.0 Å². The number of nitriles is 1. The lowest BCUT2D eigenvalue weighted by atomic mass is 10.1. The lowest BCUT2D eigenvalue weighted by Gasteiger charge is -1.95. The molecule has 0 heterocycles. The molecule has 1 rings (SSSR count). The SMILES string of the molecule is CCc1cccc(C#CCCCC#N)c1. The zero-order chi connectivity index (χ0) is 10.9. The minimum absolute atomic E-state index is 0.601. The largest absolute Gasteiger partial charge is 0.198 e. The summed E-state index contributed by atoms with van der Waals surface area (Å²) in [6.45, 7) is 2.14. The Bertz CT molecular complexity index is 401. The van der Waals surface area contributed by atoms with Gasteiger partial charge >= 0.3 is 0 Å². The molecule has 1 aromatic carbocycles. The van der Waals surface area contributed by atoms with Crippen molar-refractivity contribution in [2.75, 3.05) is 0 Å². The standard InChI is InChI=1S/C14H15N/c1-2-13-9-7-10-14(12-13)8-5-3-4-6-11-15/h7,9-10,12H,2-4,6H2,1H3. The van der Waals surface area contributed by atoms with Crippen molar-refractivity contribution >= 4 is 0 Å². The second kappa shape index (κ2) is 6.68. The number of rotatable bonds is 3. The maximum Gasteiger partial charge on any atom is 0.0622 e. The molecule has 1 nitrogen and oxygen atoms in total. The van der Waals surface area contributed by atoms with Crippen LogP contribution in [-0.2, 0) is 6.42 Å². The van der Waals surface area contributed by atoms with Gasteiger partial charge in [0, 0.05) is 18.4 Å². The van der Waals surface area contributed by atoms with Crippen LogP contribution in [0.25, 0.3) is 0 Å². The number of hydrogen-bond acceptors (Lipinski definition) is 1. The molecule has 0 atom stereocenters. The predicted molar refractivity (Wildman–Crippen MR) is 62.2 cm³/mol. The first-order valence-electron chi connectivity index (χ1n) is 5.31. The average molecular weight is 197 g/mol. The molecule has 0 spiro atoms. The van der Waals surface area contributed by atoms with Crippen molar-refractivity contribution in [1.29, 1.82) is 5.26 Å². The molecular weight excluding hydrogens is 182 g/mol. The van der Waals surface area contributed by atoms with Crippen LogP contribution >= 0.6 is 0 Å². The Kier molecular flexibility index (Phi) is 5.06. The lowest BCUT2D eigenvalue weighted by Crippen LogP contribution is -1.81. The summed E-state index contributed by atoms with van der Waals surface area (Å²) in [6.07, 6.45) is 3.33. The molecule has 1 heteroatoms. The number of unbranched alkanes of at least 4 members (excludes halogenated alkanes) is 2. The maximum atomic E-state index is 8.35. The Hall–Kier alpha value is -1.73. The van der Waals surface area contributed by atoms with E-state index in [1.165, 1.54) is 5.56 Å². The third-order valence-electron chi connectivity index (χ3n) is 2.16. The van der Waals surface area contributed by atoms with Gasteiger partial charge in [0.1, 0.15) is 0 Å². The summed E-state index contributed by atoms with van der Waals surface area (Å²) in [4.78, 5) is 0. The summed E-state index contributed by atoms with van der Waals surface area (Å²) in [5.41, 5.74) is 2.39. The van der Waals surface area contributed by atoms with E-state index in [4.69, 9.17) is 5.26 Å². The van der Waals surface area contributed by atoms with E-state index in [1.807, 2.05) is 12.1 Å². The van der Waals surface area contributed by atoms with E-state index in [-0.39, 0.29) is 0 Å². The Morgan fingerprint density at radius 2 is 2.13 bits per heavy atom. The zero-order valence-corrected chi connectivity index (χ0v) is 9.09. The van der Waals surface area contributed by atoms with Crippen LogP contribution in [0.15, 0.2) is 24.3 Å². The first-order chi connectivity index (χ1) is 7.36. The highest BCUT2D eigenvalue weighted by Crippen LogP contribution is 2.04. The quantitative estimate of drug-likeness (QED) is 0.538. The van der Waals surface area contributed by atoms with Gasteiger partial charge in [-0.1, -0.05) is 30.9 Å². The highest BCUT2D eigenvalue weighted by molar-refractivity contribution is 5.37. The molecule has 0 unspecified atom stereocenters. The molecule has 0 amide bonds. The van der Waals surface area contributed by atoms with Crippen LogP contribution in [0.5, 0.6) is 0 Å². The highest BCUT2D eigenvalue weighted by Gasteiger charge is 1.89. The van der Waals surface area contributed by atoms with Crippen molar-refractivity contribution < 1.29 is 0 Å². The molecule has 0 aliphatic carbocycles. The summed E-state index contributed by atoms with van der Waals surface area (Å²) < 4.78 is 0. The first-order valence-corrected chi connectivity index (χ1v) is 5.31. The Morgan fingerprint density at radius 1 is 1.27 bits per heavy atom. The maximum absolute atomic E-state index is 8.35. The minimum atomic E-state index is 0.601. The number of nitrogens with zero attached hydrogens (tertiary/aromatic N) is 1. The second-order valence-electron chi connectivity index (χ2n) is 3.37. The van der Waals surface area contributed by atoms with Crippen LogP contribution in [0.3, 0.4) is 0 Å². The van der Waals surface area contributed by atoms with Gasteiger partial charge in [0.25, 0.3) is 0 Å². The molecule has 1 aromatic rings. The van der Waals surface area contributed by atoms with E-state index in [0.29, 0.717) is 6.42 Å². The van der Waals surface area contributed by atoms with Crippen molar-refractivity contribution in [3.63, 3.8) is 0 Å². The topological polar surface area (TPSA) is 23.8 Å². The van der Waals surface area contributed by atoms with Gasteiger partial charge in [0.2, 0.25) is 0 Å². The fraction of sp³-hybridized carbons (Fsp3) is 0.357. The number of aryl methyl sites for hydroxylation is 1. The molecule has 0 saturated heterocycles. The molecular formula is C14H15N. The van der Waals surface area contributed by atoms with Crippen LogP contribution in [0, 0.1) is 23.2 Å². The highest BCUT2D eigenvalue weighted by atomic mass is 14.2. The van der Waals surface area contributed by atoms with E-state index in [9.17, 15) is 0 Å². The van der Waals surface area contributed by atoms with Crippen LogP contribution in [-0.4, -0.2) is 0 Å². The van der Waals surface area contributed by atoms with Crippen molar-refractivity contribution in [3.05, 3.63) is 35.4 Å². The van der Waals surface area contributed by atoms with Crippen molar-refractivity contribution in [2.45, 2.75) is 32.6 Å². The molecule has 15 heavy (non-hydrogen) atoms. The van der Waals surface area contributed by atoms with Gasteiger partial charge in [-0.2, -0.15) is 5.26 Å². The van der Waals surface area contributed by atoms with Crippen molar-refractivity contribution in [3.8, 4) is 17.9 Å². The van der Waals surface area contributed by atoms with E-state index in [0.717, 1.165) is 24.8 Å². The van der Waals surface area contributed by atoms with E-state index >= 15 is 0 Å². The molecule has 0 aromatic heterocycles. The normalized spacial score (nSPS) is 8.80. The van der Waals surface area contributed by atoms with Crippen LogP contribution in [0.2, 0.25) is 0 Å². The third-order valence-corrected chi connectivity index (χ3v) is 2.16. The zero-order valence-electron chi connectivity index (χ0n) is 9.09. The Balaban J connectivity index is 2.52. The molecule has 76 valence electrons. The van der Waals surface area contributed by atoms with Crippen LogP contribution in [0.1, 0.15) is 37.3 Å². The summed E-state index contributed by atoms with van der Waals surface area (Å²) in [7, 11) is 0. The first kappa shape index (κ1) is 11.3. The summed E-state index contributed by atoms with van der Waals surface area (Å²) in [5, 5.41) is 8.35. The number of hydrogen-bond donors (Lipinski definition) is 0. The fourth-order valence-corrected chi connectivity index (χ4v) is 1.29. The molecule has 0 aliphatic heterocycles. The van der Waals surface area contributed by atoms with Crippen molar-refractivity contribution in [2.24, 2.45) is 0 Å². The van der Waals surface area contributed by atoms with Crippen LogP contribution < -0.4 is 0 Å². The summed E-state index contributed by atoms with van der Waals surface area (Å²) in [6, 6.07) is 10.4. The smallest absolute Gasteiger partial charge is 0.0622 e.